The molecule has 0 amide bonds. The van der Waals surface area contributed by atoms with Crippen molar-refractivity contribution in [3.8, 4) is 17.2 Å². The quantitative estimate of drug-likeness (QED) is 0.726. The molecule has 0 spiro atoms. The van der Waals surface area contributed by atoms with E-state index in [9.17, 15) is 9.59 Å². The molecule has 2 aromatic carbocycles. The SMILES string of the molecule is COc1cc2c(cc1C=Nn1c(=O)[nH]c3ccccc3c1=O)OCO2. The first-order valence-electron chi connectivity index (χ1n) is 7.43. The van der Waals surface area contributed by atoms with Crippen LogP contribution in [0.4, 0.5) is 0 Å². The zero-order valence-corrected chi connectivity index (χ0v) is 13.2. The molecule has 1 aliphatic heterocycles. The maximum atomic E-state index is 12.5. The van der Waals surface area contributed by atoms with Crippen molar-refractivity contribution in [1.29, 1.82) is 0 Å². The van der Waals surface area contributed by atoms with Gasteiger partial charge in [0.15, 0.2) is 11.5 Å². The van der Waals surface area contributed by atoms with Gasteiger partial charge in [-0.25, -0.2) is 4.79 Å². The van der Waals surface area contributed by atoms with Gasteiger partial charge in [-0.05, 0) is 18.2 Å². The zero-order chi connectivity index (χ0) is 17.4. The van der Waals surface area contributed by atoms with Crippen molar-refractivity contribution < 1.29 is 14.2 Å². The van der Waals surface area contributed by atoms with E-state index in [1.54, 1.807) is 36.4 Å². The summed E-state index contributed by atoms with van der Waals surface area (Å²) in [6.07, 6.45) is 1.37. The third-order valence-corrected chi connectivity index (χ3v) is 3.82. The van der Waals surface area contributed by atoms with Crippen LogP contribution in [0.15, 0.2) is 51.1 Å². The van der Waals surface area contributed by atoms with Crippen LogP contribution in [0, 0.1) is 0 Å². The molecular formula is C17H13N3O5. The van der Waals surface area contributed by atoms with Crippen molar-refractivity contribution in [2.24, 2.45) is 5.10 Å². The molecule has 0 radical (unpaired) electrons. The van der Waals surface area contributed by atoms with Gasteiger partial charge in [0.2, 0.25) is 6.79 Å². The number of aromatic amines is 1. The van der Waals surface area contributed by atoms with Crippen molar-refractivity contribution in [3.05, 3.63) is 62.8 Å². The van der Waals surface area contributed by atoms with Gasteiger partial charge in [0.1, 0.15) is 5.75 Å². The Balaban J connectivity index is 1.82. The number of fused-ring (bicyclic) bond motifs is 2. The number of ether oxygens (including phenoxy) is 3. The van der Waals surface area contributed by atoms with E-state index in [0.29, 0.717) is 33.7 Å². The highest BCUT2D eigenvalue weighted by Gasteiger charge is 2.17. The summed E-state index contributed by atoms with van der Waals surface area (Å²) in [5.74, 6) is 1.59. The van der Waals surface area contributed by atoms with Crippen molar-refractivity contribution in [2.75, 3.05) is 13.9 Å². The lowest BCUT2D eigenvalue weighted by atomic mass is 10.2. The lowest BCUT2D eigenvalue weighted by molar-refractivity contribution is 0.174. The molecule has 1 N–H and O–H groups in total. The van der Waals surface area contributed by atoms with Gasteiger partial charge in [0.25, 0.3) is 5.56 Å². The van der Waals surface area contributed by atoms with Crippen LogP contribution < -0.4 is 25.5 Å². The average Bonchev–Trinajstić information content (AvgIpc) is 3.08. The number of nitrogens with one attached hydrogen (secondary N) is 1. The number of hydrogen-bond donors (Lipinski definition) is 1. The summed E-state index contributed by atoms with van der Waals surface area (Å²) in [4.78, 5) is 27.2. The van der Waals surface area contributed by atoms with Crippen LogP contribution in [-0.4, -0.2) is 29.8 Å². The predicted octanol–water partition coefficient (Wildman–Crippen LogP) is 1.31. The van der Waals surface area contributed by atoms with Gasteiger partial charge in [-0.2, -0.15) is 5.10 Å². The molecule has 0 aliphatic carbocycles. The highest BCUT2D eigenvalue weighted by atomic mass is 16.7. The molecule has 126 valence electrons. The van der Waals surface area contributed by atoms with Gasteiger partial charge in [0.05, 0.1) is 24.2 Å². The minimum atomic E-state index is -0.625. The molecule has 2 heterocycles. The minimum Gasteiger partial charge on any atom is -0.496 e. The van der Waals surface area contributed by atoms with Gasteiger partial charge in [0, 0.05) is 11.6 Å². The summed E-state index contributed by atoms with van der Waals surface area (Å²) >= 11 is 0. The fraction of sp³-hybridized carbons (Fsp3) is 0.118. The van der Waals surface area contributed by atoms with Gasteiger partial charge < -0.3 is 19.2 Å². The average molecular weight is 339 g/mol. The molecule has 0 atom stereocenters. The van der Waals surface area contributed by atoms with Crippen LogP contribution in [-0.2, 0) is 0 Å². The van der Waals surface area contributed by atoms with Gasteiger partial charge in [-0.15, -0.1) is 4.68 Å². The first-order valence-corrected chi connectivity index (χ1v) is 7.43. The molecule has 1 aliphatic rings. The number of para-hydroxylation sites is 1. The Bertz CT molecular complexity index is 1110. The molecule has 8 nitrogen and oxygen atoms in total. The van der Waals surface area contributed by atoms with E-state index >= 15 is 0 Å². The summed E-state index contributed by atoms with van der Waals surface area (Å²) in [7, 11) is 1.50. The van der Waals surface area contributed by atoms with E-state index in [0.717, 1.165) is 4.68 Å². The van der Waals surface area contributed by atoms with E-state index in [1.807, 2.05) is 0 Å². The molecule has 8 heteroatoms. The molecule has 4 rings (SSSR count). The Labute approximate surface area is 140 Å². The van der Waals surface area contributed by atoms with Crippen LogP contribution in [0.5, 0.6) is 17.2 Å². The molecule has 0 saturated heterocycles. The maximum absolute atomic E-state index is 12.5. The topological polar surface area (TPSA) is 94.9 Å². The fourth-order valence-corrected chi connectivity index (χ4v) is 2.59. The second-order valence-electron chi connectivity index (χ2n) is 5.28. The summed E-state index contributed by atoms with van der Waals surface area (Å²) < 4.78 is 16.7. The van der Waals surface area contributed by atoms with E-state index in [-0.39, 0.29) is 6.79 Å². The normalized spacial score (nSPS) is 12.8. The monoisotopic (exact) mass is 339 g/mol. The minimum absolute atomic E-state index is 0.128. The Morgan fingerprint density at radius 1 is 1.20 bits per heavy atom. The van der Waals surface area contributed by atoms with E-state index in [4.69, 9.17) is 14.2 Å². The van der Waals surface area contributed by atoms with E-state index in [2.05, 4.69) is 10.1 Å². The van der Waals surface area contributed by atoms with Crippen molar-refractivity contribution in [2.45, 2.75) is 0 Å². The number of aromatic nitrogens is 2. The van der Waals surface area contributed by atoms with E-state index in [1.165, 1.54) is 13.3 Å². The highest BCUT2D eigenvalue weighted by Crippen LogP contribution is 2.37. The second kappa shape index (κ2) is 5.82. The molecule has 1 aromatic heterocycles. The fourth-order valence-electron chi connectivity index (χ4n) is 2.59. The van der Waals surface area contributed by atoms with Crippen molar-refractivity contribution in [3.63, 3.8) is 0 Å². The van der Waals surface area contributed by atoms with Crippen LogP contribution in [0.3, 0.4) is 0 Å². The summed E-state index contributed by atoms with van der Waals surface area (Å²) in [5, 5.41) is 4.39. The molecule has 0 unspecified atom stereocenters. The Kier molecular flexibility index (Phi) is 3.50. The number of nitrogens with zero attached hydrogens (tertiary/aromatic N) is 2. The first kappa shape index (κ1) is 15.0. The first-order chi connectivity index (χ1) is 12.2. The van der Waals surface area contributed by atoms with Gasteiger partial charge in [-0.3, -0.25) is 4.79 Å². The van der Waals surface area contributed by atoms with E-state index < -0.39 is 11.2 Å². The lowest BCUT2D eigenvalue weighted by Crippen LogP contribution is -2.32. The standard InChI is InChI=1S/C17H13N3O5/c1-23-13-7-15-14(24-9-25-15)6-10(13)8-18-20-16(21)11-4-2-3-5-12(11)19-17(20)22/h2-8H,9H2,1H3,(H,19,22). The third-order valence-electron chi connectivity index (χ3n) is 3.82. The summed E-state index contributed by atoms with van der Waals surface area (Å²) in [6, 6.07) is 10.1. The third kappa shape index (κ3) is 2.53. The number of benzene rings is 2. The van der Waals surface area contributed by atoms with Gasteiger partial charge >= 0.3 is 5.69 Å². The second-order valence-corrected chi connectivity index (χ2v) is 5.28. The lowest BCUT2D eigenvalue weighted by Gasteiger charge is -2.06. The largest absolute Gasteiger partial charge is 0.496 e. The summed E-state index contributed by atoms with van der Waals surface area (Å²) in [5.41, 5.74) is -0.120. The molecular weight excluding hydrogens is 326 g/mol. The number of rotatable bonds is 3. The number of hydrogen-bond acceptors (Lipinski definition) is 6. The Hall–Kier alpha value is -3.55. The van der Waals surface area contributed by atoms with Crippen LogP contribution in [0.2, 0.25) is 0 Å². The zero-order valence-electron chi connectivity index (χ0n) is 13.2. The molecule has 0 fully saturated rings. The predicted molar refractivity (Wildman–Crippen MR) is 90.9 cm³/mol. The number of H-pyrrole nitrogens is 1. The Morgan fingerprint density at radius 2 is 1.96 bits per heavy atom. The maximum Gasteiger partial charge on any atom is 0.349 e. The molecule has 0 saturated carbocycles. The van der Waals surface area contributed by atoms with Crippen LogP contribution >= 0.6 is 0 Å². The summed E-state index contributed by atoms with van der Waals surface area (Å²) in [6.45, 7) is 0.128. The van der Waals surface area contributed by atoms with Crippen molar-refractivity contribution in [1.82, 2.24) is 9.66 Å². The van der Waals surface area contributed by atoms with Crippen LogP contribution in [0.1, 0.15) is 5.56 Å². The smallest absolute Gasteiger partial charge is 0.349 e. The molecule has 0 bridgehead atoms. The van der Waals surface area contributed by atoms with Crippen LogP contribution in [0.25, 0.3) is 10.9 Å². The molecule has 3 aromatic rings. The van der Waals surface area contributed by atoms with Gasteiger partial charge in [-0.1, -0.05) is 12.1 Å². The Morgan fingerprint density at radius 3 is 2.76 bits per heavy atom. The number of methoxy groups -OCH3 is 1. The highest BCUT2D eigenvalue weighted by molar-refractivity contribution is 5.85. The van der Waals surface area contributed by atoms with Crippen molar-refractivity contribution >= 4 is 17.1 Å². The molecule has 25 heavy (non-hydrogen) atoms.